The number of rotatable bonds is 4. The van der Waals surface area contributed by atoms with Crippen LogP contribution in [0.3, 0.4) is 0 Å². The highest BCUT2D eigenvalue weighted by molar-refractivity contribution is 5.91. The van der Waals surface area contributed by atoms with Crippen LogP contribution in [0.5, 0.6) is 0 Å². The zero-order valence-electron chi connectivity index (χ0n) is 9.92. The van der Waals surface area contributed by atoms with E-state index in [1.165, 1.54) is 6.08 Å². The van der Waals surface area contributed by atoms with Gasteiger partial charge in [-0.2, -0.15) is 5.21 Å². The Hall–Kier alpha value is -2.50. The van der Waals surface area contributed by atoms with Crippen molar-refractivity contribution >= 4 is 12.0 Å². The fourth-order valence-corrected chi connectivity index (χ4v) is 1.43. The summed E-state index contributed by atoms with van der Waals surface area (Å²) in [5.41, 5.74) is 2.15. The van der Waals surface area contributed by atoms with Gasteiger partial charge in [0.15, 0.2) is 5.82 Å². The first-order chi connectivity index (χ1) is 8.74. The molecule has 2 aromatic rings. The molecule has 0 aliphatic rings. The third kappa shape index (κ3) is 3.51. The Morgan fingerprint density at radius 1 is 1.50 bits per heavy atom. The van der Waals surface area contributed by atoms with Gasteiger partial charge in [-0.25, -0.2) is 0 Å². The summed E-state index contributed by atoms with van der Waals surface area (Å²) in [6.45, 7) is 2.27. The van der Waals surface area contributed by atoms with E-state index in [-0.39, 0.29) is 12.5 Å². The molecule has 0 spiro atoms. The minimum absolute atomic E-state index is 0.193. The molecule has 1 aromatic carbocycles. The lowest BCUT2D eigenvalue weighted by Crippen LogP contribution is -2.20. The lowest BCUT2D eigenvalue weighted by molar-refractivity contribution is -0.116. The van der Waals surface area contributed by atoms with Crippen molar-refractivity contribution in [2.24, 2.45) is 0 Å². The predicted octanol–water partition coefficient (Wildman–Crippen LogP) is 0.838. The molecule has 0 atom stereocenters. The molecule has 0 saturated carbocycles. The second kappa shape index (κ2) is 5.72. The molecule has 0 fully saturated rings. The molecule has 0 aliphatic carbocycles. The lowest BCUT2D eigenvalue weighted by atomic mass is 10.1. The Bertz CT molecular complexity index is 547. The second-order valence-electron chi connectivity index (χ2n) is 3.79. The van der Waals surface area contributed by atoms with Gasteiger partial charge in [0.2, 0.25) is 5.91 Å². The molecule has 2 N–H and O–H groups in total. The van der Waals surface area contributed by atoms with E-state index >= 15 is 0 Å². The number of aryl methyl sites for hydroxylation is 1. The maximum Gasteiger partial charge on any atom is 0.244 e. The Morgan fingerprint density at radius 3 is 3.11 bits per heavy atom. The van der Waals surface area contributed by atoms with Crippen molar-refractivity contribution in [2.75, 3.05) is 0 Å². The summed E-state index contributed by atoms with van der Waals surface area (Å²) in [6, 6.07) is 7.90. The number of tetrazole rings is 1. The average Bonchev–Trinajstić information content (AvgIpc) is 2.87. The van der Waals surface area contributed by atoms with E-state index in [4.69, 9.17) is 0 Å². The smallest absolute Gasteiger partial charge is 0.244 e. The van der Waals surface area contributed by atoms with Crippen molar-refractivity contribution in [1.82, 2.24) is 25.9 Å². The number of aromatic nitrogens is 4. The molecular formula is C12H13N5O. The molecule has 92 valence electrons. The predicted molar refractivity (Wildman–Crippen MR) is 66.2 cm³/mol. The van der Waals surface area contributed by atoms with Gasteiger partial charge < -0.3 is 5.32 Å². The topological polar surface area (TPSA) is 83.6 Å². The standard InChI is InChI=1S/C12H13N5O/c1-9-3-2-4-10(7-9)5-6-12(18)13-8-11-14-16-17-15-11/h2-7H,8H2,1H3,(H,13,18)(H,14,15,16,17). The maximum absolute atomic E-state index is 11.5. The first kappa shape index (κ1) is 12.0. The van der Waals surface area contributed by atoms with E-state index in [1.54, 1.807) is 6.08 Å². The van der Waals surface area contributed by atoms with Gasteiger partial charge in [0.05, 0.1) is 6.54 Å². The highest BCUT2D eigenvalue weighted by Gasteiger charge is 1.99. The number of carbonyl (C=O) groups is 1. The molecule has 1 heterocycles. The molecule has 0 aliphatic heterocycles. The number of nitrogens with one attached hydrogen (secondary N) is 2. The van der Waals surface area contributed by atoms with Crippen molar-refractivity contribution in [3.05, 3.63) is 47.3 Å². The monoisotopic (exact) mass is 243 g/mol. The number of hydrogen-bond acceptors (Lipinski definition) is 4. The summed E-state index contributed by atoms with van der Waals surface area (Å²) in [5, 5.41) is 15.8. The lowest BCUT2D eigenvalue weighted by Gasteiger charge is -1.97. The van der Waals surface area contributed by atoms with Crippen molar-refractivity contribution in [3.63, 3.8) is 0 Å². The van der Waals surface area contributed by atoms with E-state index in [2.05, 4.69) is 25.9 Å². The molecule has 1 amide bonds. The largest absolute Gasteiger partial charge is 0.345 e. The van der Waals surface area contributed by atoms with Crippen molar-refractivity contribution in [2.45, 2.75) is 13.5 Å². The molecule has 1 aromatic heterocycles. The third-order valence-electron chi connectivity index (χ3n) is 2.28. The highest BCUT2D eigenvalue weighted by atomic mass is 16.1. The summed E-state index contributed by atoms with van der Waals surface area (Å²) in [6.07, 6.45) is 3.24. The molecule has 6 nitrogen and oxygen atoms in total. The van der Waals surface area contributed by atoms with Crippen LogP contribution in [0.25, 0.3) is 6.08 Å². The van der Waals surface area contributed by atoms with Crippen LogP contribution in [0, 0.1) is 6.92 Å². The summed E-state index contributed by atoms with van der Waals surface area (Å²) in [5.74, 6) is 0.258. The number of amides is 1. The van der Waals surface area contributed by atoms with Gasteiger partial charge in [-0.1, -0.05) is 35.0 Å². The Kier molecular flexibility index (Phi) is 3.80. The van der Waals surface area contributed by atoms with Crippen molar-refractivity contribution < 1.29 is 4.79 Å². The molecule has 0 bridgehead atoms. The second-order valence-corrected chi connectivity index (χ2v) is 3.79. The van der Waals surface area contributed by atoms with Crippen LogP contribution in [0.15, 0.2) is 30.3 Å². The van der Waals surface area contributed by atoms with Gasteiger partial charge >= 0.3 is 0 Å². The average molecular weight is 243 g/mol. The van der Waals surface area contributed by atoms with Crippen molar-refractivity contribution in [3.8, 4) is 0 Å². The SMILES string of the molecule is Cc1cccc(C=CC(=O)NCc2nn[nH]n2)c1. The Labute approximate surface area is 104 Å². The number of aromatic amines is 1. The van der Waals surface area contributed by atoms with E-state index in [0.29, 0.717) is 5.82 Å². The first-order valence-corrected chi connectivity index (χ1v) is 5.49. The summed E-state index contributed by atoms with van der Waals surface area (Å²) in [4.78, 5) is 11.5. The summed E-state index contributed by atoms with van der Waals surface area (Å²) < 4.78 is 0. The summed E-state index contributed by atoms with van der Waals surface area (Å²) in [7, 11) is 0. The third-order valence-corrected chi connectivity index (χ3v) is 2.28. The molecule has 0 unspecified atom stereocenters. The van der Waals surface area contributed by atoms with Gasteiger partial charge in [0.25, 0.3) is 0 Å². The number of H-pyrrole nitrogens is 1. The van der Waals surface area contributed by atoms with Crippen LogP contribution in [-0.4, -0.2) is 26.5 Å². The normalized spacial score (nSPS) is 10.7. The first-order valence-electron chi connectivity index (χ1n) is 5.49. The number of nitrogens with zero attached hydrogens (tertiary/aromatic N) is 3. The zero-order chi connectivity index (χ0) is 12.8. The Balaban J connectivity index is 1.87. The molecule has 0 saturated heterocycles. The van der Waals surface area contributed by atoms with E-state index < -0.39 is 0 Å². The molecule has 0 radical (unpaired) electrons. The Morgan fingerprint density at radius 2 is 2.39 bits per heavy atom. The minimum atomic E-state index is -0.193. The zero-order valence-corrected chi connectivity index (χ0v) is 9.92. The van der Waals surface area contributed by atoms with E-state index in [0.717, 1.165) is 11.1 Å². The number of benzene rings is 1. The van der Waals surface area contributed by atoms with E-state index in [1.807, 2.05) is 31.2 Å². The van der Waals surface area contributed by atoms with Gasteiger partial charge in [0.1, 0.15) is 0 Å². The van der Waals surface area contributed by atoms with E-state index in [9.17, 15) is 4.79 Å². The van der Waals surface area contributed by atoms with Crippen LogP contribution in [-0.2, 0) is 11.3 Å². The maximum atomic E-state index is 11.5. The van der Waals surface area contributed by atoms with Crippen LogP contribution >= 0.6 is 0 Å². The number of carbonyl (C=O) groups excluding carboxylic acids is 1. The van der Waals surface area contributed by atoms with Crippen molar-refractivity contribution in [1.29, 1.82) is 0 Å². The summed E-state index contributed by atoms with van der Waals surface area (Å²) >= 11 is 0. The molecular weight excluding hydrogens is 230 g/mol. The van der Waals surface area contributed by atoms with Gasteiger partial charge in [-0.3, -0.25) is 4.79 Å². The van der Waals surface area contributed by atoms with Crippen LogP contribution < -0.4 is 5.32 Å². The highest BCUT2D eigenvalue weighted by Crippen LogP contribution is 2.05. The van der Waals surface area contributed by atoms with Gasteiger partial charge in [-0.15, -0.1) is 10.2 Å². The fourth-order valence-electron chi connectivity index (χ4n) is 1.43. The fraction of sp³-hybridized carbons (Fsp3) is 0.167. The quantitative estimate of drug-likeness (QED) is 0.779. The van der Waals surface area contributed by atoms with Gasteiger partial charge in [-0.05, 0) is 18.6 Å². The molecule has 6 heteroatoms. The molecule has 2 rings (SSSR count). The van der Waals surface area contributed by atoms with Crippen LogP contribution in [0.2, 0.25) is 0 Å². The number of hydrogen-bond donors (Lipinski definition) is 2. The van der Waals surface area contributed by atoms with Crippen LogP contribution in [0.1, 0.15) is 17.0 Å². The minimum Gasteiger partial charge on any atom is -0.345 e. The molecule has 18 heavy (non-hydrogen) atoms. The van der Waals surface area contributed by atoms with Crippen LogP contribution in [0.4, 0.5) is 0 Å². The van der Waals surface area contributed by atoms with Gasteiger partial charge in [0, 0.05) is 6.08 Å².